The summed E-state index contributed by atoms with van der Waals surface area (Å²) in [5.74, 6) is -0.193. The van der Waals surface area contributed by atoms with Crippen LogP contribution < -0.4 is 5.32 Å². The van der Waals surface area contributed by atoms with E-state index in [1.807, 2.05) is 49.4 Å². The monoisotopic (exact) mass is 403 g/mol. The molecule has 1 heterocycles. The summed E-state index contributed by atoms with van der Waals surface area (Å²) in [6.45, 7) is 4.16. The number of esters is 1. The van der Waals surface area contributed by atoms with Crippen LogP contribution in [0.5, 0.6) is 0 Å². The minimum absolute atomic E-state index is 0.0700. The molecule has 0 spiro atoms. The average molecular weight is 403 g/mol. The Morgan fingerprint density at radius 3 is 2.37 bits per heavy atom. The number of rotatable bonds is 8. The van der Waals surface area contributed by atoms with E-state index in [2.05, 4.69) is 5.32 Å². The van der Waals surface area contributed by atoms with Crippen LogP contribution in [0.25, 0.3) is 5.69 Å². The van der Waals surface area contributed by atoms with Crippen molar-refractivity contribution < 1.29 is 14.3 Å². The van der Waals surface area contributed by atoms with Gasteiger partial charge in [0.05, 0.1) is 29.2 Å². The van der Waals surface area contributed by atoms with Gasteiger partial charge in [0, 0.05) is 11.6 Å². The van der Waals surface area contributed by atoms with E-state index < -0.39 is 0 Å². The molecule has 1 N–H and O–H groups in total. The highest BCUT2D eigenvalue weighted by atomic mass is 16.5. The SMILES string of the molecule is CCOC(=O)c1ccc(-n2nc(C(=O)C3CC3)c(Nc3ccccc3)c2CC)cc1. The van der Waals surface area contributed by atoms with Crippen molar-refractivity contribution in [1.29, 1.82) is 0 Å². The molecule has 1 fully saturated rings. The molecule has 0 aliphatic heterocycles. The molecule has 1 aromatic heterocycles. The minimum Gasteiger partial charge on any atom is -0.462 e. The van der Waals surface area contributed by atoms with Gasteiger partial charge >= 0.3 is 5.97 Å². The minimum atomic E-state index is -0.351. The summed E-state index contributed by atoms with van der Waals surface area (Å²) in [5.41, 5.74) is 4.36. The summed E-state index contributed by atoms with van der Waals surface area (Å²) in [6.07, 6.45) is 2.54. The first-order valence-electron chi connectivity index (χ1n) is 10.4. The van der Waals surface area contributed by atoms with Crippen LogP contribution in [0.1, 0.15) is 53.2 Å². The van der Waals surface area contributed by atoms with Crippen LogP contribution in [-0.2, 0) is 11.2 Å². The molecule has 6 nitrogen and oxygen atoms in total. The molecule has 154 valence electrons. The normalized spacial score (nSPS) is 13.1. The molecular formula is C24H25N3O3. The molecule has 1 aliphatic carbocycles. The molecule has 0 amide bonds. The number of carbonyl (C=O) groups excluding carboxylic acids is 2. The number of anilines is 2. The summed E-state index contributed by atoms with van der Waals surface area (Å²) < 4.78 is 6.86. The predicted molar refractivity (Wildman–Crippen MR) is 116 cm³/mol. The Bertz CT molecular complexity index is 1050. The van der Waals surface area contributed by atoms with Crippen LogP contribution >= 0.6 is 0 Å². The number of hydrogen-bond acceptors (Lipinski definition) is 5. The second kappa shape index (κ2) is 8.53. The fraction of sp³-hybridized carbons (Fsp3) is 0.292. The number of para-hydroxylation sites is 1. The third-order valence-electron chi connectivity index (χ3n) is 5.16. The van der Waals surface area contributed by atoms with E-state index >= 15 is 0 Å². The van der Waals surface area contributed by atoms with Crippen molar-refractivity contribution >= 4 is 23.1 Å². The van der Waals surface area contributed by atoms with Crippen molar-refractivity contribution in [1.82, 2.24) is 9.78 Å². The largest absolute Gasteiger partial charge is 0.462 e. The van der Waals surface area contributed by atoms with Crippen LogP contribution in [0, 0.1) is 5.92 Å². The molecule has 0 unspecified atom stereocenters. The van der Waals surface area contributed by atoms with Crippen molar-refractivity contribution in [3.05, 3.63) is 71.5 Å². The molecule has 6 heteroatoms. The number of nitrogens with one attached hydrogen (secondary N) is 1. The van der Waals surface area contributed by atoms with Gasteiger partial charge in [0.15, 0.2) is 11.5 Å². The Labute approximate surface area is 175 Å². The third kappa shape index (κ3) is 3.99. The number of hydrogen-bond donors (Lipinski definition) is 1. The third-order valence-corrected chi connectivity index (χ3v) is 5.16. The molecule has 0 atom stereocenters. The lowest BCUT2D eigenvalue weighted by atomic mass is 10.1. The topological polar surface area (TPSA) is 73.2 Å². The number of ether oxygens (including phenoxy) is 1. The van der Waals surface area contributed by atoms with Crippen LogP contribution in [0.2, 0.25) is 0 Å². The molecule has 0 radical (unpaired) electrons. The maximum atomic E-state index is 13.0. The van der Waals surface area contributed by atoms with Gasteiger partial charge < -0.3 is 10.1 Å². The zero-order chi connectivity index (χ0) is 21.1. The summed E-state index contributed by atoms with van der Waals surface area (Å²) >= 11 is 0. The highest BCUT2D eigenvalue weighted by Gasteiger charge is 2.35. The number of Topliss-reactive ketones (excluding diaryl/α,β-unsaturated/α-hetero) is 1. The van der Waals surface area contributed by atoms with Gasteiger partial charge in [-0.2, -0.15) is 5.10 Å². The first-order valence-corrected chi connectivity index (χ1v) is 10.4. The van der Waals surface area contributed by atoms with Crippen molar-refractivity contribution in [2.75, 3.05) is 11.9 Å². The van der Waals surface area contributed by atoms with Crippen LogP contribution in [0.4, 0.5) is 11.4 Å². The maximum Gasteiger partial charge on any atom is 0.338 e. The first kappa shape index (κ1) is 19.9. The predicted octanol–water partition coefficient (Wildman–Crippen LogP) is 4.95. The van der Waals surface area contributed by atoms with Gasteiger partial charge in [0.1, 0.15) is 0 Å². The van der Waals surface area contributed by atoms with Gasteiger partial charge in [-0.15, -0.1) is 0 Å². The standard InChI is InChI=1S/C24H25N3O3/c1-3-20-21(25-18-8-6-5-7-9-18)22(23(28)16-10-11-16)26-27(20)19-14-12-17(13-15-19)24(29)30-4-2/h5-9,12-16,25H,3-4,10-11H2,1-2H3. The summed E-state index contributed by atoms with van der Waals surface area (Å²) in [7, 11) is 0. The van der Waals surface area contributed by atoms with E-state index in [0.717, 1.165) is 35.6 Å². The lowest BCUT2D eigenvalue weighted by Gasteiger charge is -2.10. The number of carbonyl (C=O) groups is 2. The van der Waals surface area contributed by atoms with E-state index in [1.165, 1.54) is 0 Å². The van der Waals surface area contributed by atoms with Gasteiger partial charge in [-0.25, -0.2) is 9.48 Å². The molecule has 0 saturated heterocycles. The zero-order valence-electron chi connectivity index (χ0n) is 17.2. The molecule has 2 aromatic carbocycles. The molecule has 1 saturated carbocycles. The Hall–Kier alpha value is -3.41. The Balaban J connectivity index is 1.75. The number of ketones is 1. The summed E-state index contributed by atoms with van der Waals surface area (Å²) in [4.78, 5) is 24.9. The molecule has 0 bridgehead atoms. The van der Waals surface area contributed by atoms with E-state index in [9.17, 15) is 9.59 Å². The fourth-order valence-electron chi connectivity index (χ4n) is 3.45. The van der Waals surface area contributed by atoms with Crippen LogP contribution in [0.15, 0.2) is 54.6 Å². The Kier molecular flexibility index (Phi) is 5.65. The van der Waals surface area contributed by atoms with Crippen LogP contribution in [-0.4, -0.2) is 28.1 Å². The molecule has 4 rings (SSSR count). The van der Waals surface area contributed by atoms with Crippen LogP contribution in [0.3, 0.4) is 0 Å². The fourth-order valence-corrected chi connectivity index (χ4v) is 3.45. The zero-order valence-corrected chi connectivity index (χ0v) is 17.2. The molecule has 30 heavy (non-hydrogen) atoms. The molecular weight excluding hydrogens is 378 g/mol. The first-order chi connectivity index (χ1) is 14.6. The van der Waals surface area contributed by atoms with E-state index in [4.69, 9.17) is 9.84 Å². The number of aromatic nitrogens is 2. The Morgan fingerprint density at radius 1 is 1.07 bits per heavy atom. The highest BCUT2D eigenvalue weighted by molar-refractivity contribution is 6.03. The van der Waals surface area contributed by atoms with Gasteiger partial charge in [-0.3, -0.25) is 4.79 Å². The smallest absolute Gasteiger partial charge is 0.338 e. The average Bonchev–Trinajstić information content (AvgIpc) is 3.56. The quantitative estimate of drug-likeness (QED) is 0.426. The number of nitrogens with zero attached hydrogens (tertiary/aromatic N) is 2. The van der Waals surface area contributed by atoms with Gasteiger partial charge in [-0.1, -0.05) is 25.1 Å². The summed E-state index contributed by atoms with van der Waals surface area (Å²) in [5, 5.41) is 8.12. The molecule has 3 aromatic rings. The maximum absolute atomic E-state index is 13.0. The van der Waals surface area contributed by atoms with Crippen molar-refractivity contribution in [3.8, 4) is 5.69 Å². The Morgan fingerprint density at radius 2 is 1.77 bits per heavy atom. The summed E-state index contributed by atoms with van der Waals surface area (Å²) in [6, 6.07) is 16.9. The van der Waals surface area contributed by atoms with E-state index in [1.54, 1.807) is 23.7 Å². The lowest BCUT2D eigenvalue weighted by Crippen LogP contribution is -2.07. The van der Waals surface area contributed by atoms with Gasteiger partial charge in [0.25, 0.3) is 0 Å². The van der Waals surface area contributed by atoms with Crippen molar-refractivity contribution in [2.24, 2.45) is 5.92 Å². The lowest BCUT2D eigenvalue weighted by molar-refractivity contribution is 0.0526. The van der Waals surface area contributed by atoms with Gasteiger partial charge in [-0.05, 0) is 62.6 Å². The van der Waals surface area contributed by atoms with Crippen molar-refractivity contribution in [2.45, 2.75) is 33.1 Å². The van der Waals surface area contributed by atoms with E-state index in [0.29, 0.717) is 24.3 Å². The molecule has 1 aliphatic rings. The van der Waals surface area contributed by atoms with Gasteiger partial charge in [0.2, 0.25) is 0 Å². The number of benzene rings is 2. The van der Waals surface area contributed by atoms with Crippen molar-refractivity contribution in [3.63, 3.8) is 0 Å². The second-order valence-electron chi connectivity index (χ2n) is 7.33. The second-order valence-corrected chi connectivity index (χ2v) is 7.33. The highest BCUT2D eigenvalue weighted by Crippen LogP contribution is 2.37. The van der Waals surface area contributed by atoms with E-state index in [-0.39, 0.29) is 17.7 Å².